The Morgan fingerprint density at radius 3 is 2.62 bits per heavy atom. The molecule has 2 aromatic rings. The van der Waals surface area contributed by atoms with Gasteiger partial charge in [0.1, 0.15) is 5.82 Å². The molecule has 6 heteroatoms. The molecule has 0 saturated carbocycles. The van der Waals surface area contributed by atoms with Gasteiger partial charge in [0.2, 0.25) is 5.95 Å². The van der Waals surface area contributed by atoms with E-state index in [1.54, 1.807) is 14.2 Å². The highest BCUT2D eigenvalue weighted by molar-refractivity contribution is 5.51. The van der Waals surface area contributed by atoms with Gasteiger partial charge in [-0.15, -0.1) is 0 Å². The van der Waals surface area contributed by atoms with E-state index in [1.165, 1.54) is 11.1 Å². The summed E-state index contributed by atoms with van der Waals surface area (Å²) >= 11 is 0. The average Bonchev–Trinajstić information content (AvgIpc) is 2.64. The van der Waals surface area contributed by atoms with Crippen molar-refractivity contribution in [1.82, 2.24) is 9.97 Å². The third-order valence-corrected chi connectivity index (χ3v) is 4.20. The van der Waals surface area contributed by atoms with Crippen LogP contribution in [0.2, 0.25) is 0 Å². The second kappa shape index (κ2) is 7.38. The lowest BCUT2D eigenvalue weighted by Crippen LogP contribution is -2.32. The highest BCUT2D eigenvalue weighted by Gasteiger charge is 2.21. The van der Waals surface area contributed by atoms with Gasteiger partial charge in [-0.2, -0.15) is 4.98 Å². The molecule has 0 unspecified atom stereocenters. The molecule has 1 aliphatic heterocycles. The van der Waals surface area contributed by atoms with E-state index in [9.17, 15) is 0 Å². The Balaban J connectivity index is 1.82. The van der Waals surface area contributed by atoms with Gasteiger partial charge in [-0.05, 0) is 42.2 Å². The summed E-state index contributed by atoms with van der Waals surface area (Å²) in [5, 5.41) is 3.31. The lowest BCUT2D eigenvalue weighted by molar-refractivity contribution is 0.353. The summed E-state index contributed by atoms with van der Waals surface area (Å²) in [5.74, 6) is 3.18. The monoisotopic (exact) mass is 328 g/mol. The fourth-order valence-electron chi connectivity index (χ4n) is 2.91. The van der Waals surface area contributed by atoms with E-state index >= 15 is 0 Å². The molecule has 1 aromatic heterocycles. The summed E-state index contributed by atoms with van der Waals surface area (Å²) in [4.78, 5) is 11.3. The van der Waals surface area contributed by atoms with Crippen molar-refractivity contribution in [3.63, 3.8) is 0 Å². The number of hydrogen-bond donors (Lipinski definition) is 1. The second-order valence-corrected chi connectivity index (χ2v) is 5.82. The van der Waals surface area contributed by atoms with E-state index in [0.717, 1.165) is 55.7 Å². The van der Waals surface area contributed by atoms with Crippen molar-refractivity contribution in [2.75, 3.05) is 37.5 Å². The molecule has 0 bridgehead atoms. The van der Waals surface area contributed by atoms with Crippen LogP contribution >= 0.6 is 0 Å². The Kier molecular flexibility index (Phi) is 5.03. The van der Waals surface area contributed by atoms with Crippen molar-refractivity contribution in [2.24, 2.45) is 0 Å². The van der Waals surface area contributed by atoms with Crippen molar-refractivity contribution in [2.45, 2.75) is 26.3 Å². The number of methoxy groups -OCH3 is 2. The zero-order chi connectivity index (χ0) is 16.9. The summed E-state index contributed by atoms with van der Waals surface area (Å²) in [6.45, 7) is 4.71. The fraction of sp³-hybridized carbons (Fsp3) is 0.444. The van der Waals surface area contributed by atoms with Gasteiger partial charge < -0.3 is 19.7 Å². The van der Waals surface area contributed by atoms with Crippen molar-refractivity contribution >= 4 is 11.8 Å². The van der Waals surface area contributed by atoms with Crippen molar-refractivity contribution in [1.29, 1.82) is 0 Å². The Morgan fingerprint density at radius 2 is 1.92 bits per heavy atom. The van der Waals surface area contributed by atoms with Gasteiger partial charge in [-0.1, -0.05) is 6.92 Å². The van der Waals surface area contributed by atoms with E-state index in [4.69, 9.17) is 9.47 Å². The van der Waals surface area contributed by atoms with Crippen LogP contribution in [-0.2, 0) is 13.0 Å². The van der Waals surface area contributed by atoms with Gasteiger partial charge in [0.05, 0.1) is 14.2 Å². The first-order valence-corrected chi connectivity index (χ1v) is 8.30. The minimum atomic E-state index is 0.761. The largest absolute Gasteiger partial charge is 0.493 e. The topological polar surface area (TPSA) is 59.5 Å². The molecule has 1 N–H and O–H groups in total. The lowest BCUT2D eigenvalue weighted by atomic mass is 9.99. The number of anilines is 2. The number of aromatic nitrogens is 2. The summed E-state index contributed by atoms with van der Waals surface area (Å²) in [6, 6.07) is 6.04. The molecule has 0 amide bonds. The van der Waals surface area contributed by atoms with Crippen LogP contribution in [0, 0.1) is 0 Å². The average molecular weight is 328 g/mol. The van der Waals surface area contributed by atoms with Crippen LogP contribution in [0.15, 0.2) is 24.4 Å². The van der Waals surface area contributed by atoms with E-state index < -0.39 is 0 Å². The molecule has 0 aliphatic carbocycles. The first-order chi connectivity index (χ1) is 11.7. The first-order valence-electron chi connectivity index (χ1n) is 8.30. The molecule has 1 aliphatic rings. The highest BCUT2D eigenvalue weighted by atomic mass is 16.5. The standard InChI is InChI=1S/C18H24N4O2/c1-4-7-19-17-5-8-20-18(21-17)22-9-6-13-10-15(23-2)16(24-3)11-14(13)12-22/h5,8,10-11H,4,6-7,9,12H2,1-3H3,(H,19,20,21). The number of nitrogens with zero attached hydrogens (tertiary/aromatic N) is 3. The molecule has 0 saturated heterocycles. The number of hydrogen-bond acceptors (Lipinski definition) is 6. The van der Waals surface area contributed by atoms with Crippen LogP contribution in [0.1, 0.15) is 24.5 Å². The highest BCUT2D eigenvalue weighted by Crippen LogP contribution is 2.33. The minimum Gasteiger partial charge on any atom is -0.493 e. The quantitative estimate of drug-likeness (QED) is 0.880. The minimum absolute atomic E-state index is 0.761. The van der Waals surface area contributed by atoms with E-state index in [1.807, 2.05) is 12.3 Å². The summed E-state index contributed by atoms with van der Waals surface area (Å²) in [7, 11) is 3.33. The zero-order valence-electron chi connectivity index (χ0n) is 14.5. The molecule has 1 aromatic carbocycles. The number of benzene rings is 1. The second-order valence-electron chi connectivity index (χ2n) is 5.82. The predicted molar refractivity (Wildman–Crippen MR) is 95.1 cm³/mol. The van der Waals surface area contributed by atoms with Crippen molar-refractivity contribution < 1.29 is 9.47 Å². The maximum absolute atomic E-state index is 5.42. The maximum atomic E-state index is 5.42. The van der Waals surface area contributed by atoms with Crippen molar-refractivity contribution in [3.05, 3.63) is 35.5 Å². The maximum Gasteiger partial charge on any atom is 0.227 e. The Hall–Kier alpha value is -2.50. The summed E-state index contributed by atoms with van der Waals surface area (Å²) < 4.78 is 10.8. The zero-order valence-corrected chi connectivity index (χ0v) is 14.5. The molecule has 2 heterocycles. The van der Waals surface area contributed by atoms with E-state index in [2.05, 4.69) is 39.2 Å². The van der Waals surface area contributed by atoms with Crippen LogP contribution < -0.4 is 19.7 Å². The molecule has 128 valence electrons. The first kappa shape index (κ1) is 16.4. The van der Waals surface area contributed by atoms with Gasteiger partial charge in [0.15, 0.2) is 11.5 Å². The van der Waals surface area contributed by atoms with Crippen LogP contribution in [0.25, 0.3) is 0 Å². The molecule has 6 nitrogen and oxygen atoms in total. The van der Waals surface area contributed by atoms with Crippen molar-refractivity contribution in [3.8, 4) is 11.5 Å². The van der Waals surface area contributed by atoms with Crippen LogP contribution in [0.3, 0.4) is 0 Å². The third kappa shape index (κ3) is 3.37. The Bertz CT molecular complexity index is 705. The molecule has 0 radical (unpaired) electrons. The number of ether oxygens (including phenoxy) is 2. The smallest absolute Gasteiger partial charge is 0.227 e. The van der Waals surface area contributed by atoms with Gasteiger partial charge in [0.25, 0.3) is 0 Å². The summed E-state index contributed by atoms with van der Waals surface area (Å²) in [6.07, 6.45) is 3.81. The Labute approximate surface area is 142 Å². The molecular weight excluding hydrogens is 304 g/mol. The third-order valence-electron chi connectivity index (χ3n) is 4.20. The number of nitrogens with one attached hydrogen (secondary N) is 1. The summed E-state index contributed by atoms with van der Waals surface area (Å²) in [5.41, 5.74) is 2.53. The molecule has 0 atom stereocenters. The molecule has 0 fully saturated rings. The molecule has 3 rings (SSSR count). The SMILES string of the molecule is CCCNc1ccnc(N2CCc3cc(OC)c(OC)cc3C2)n1. The van der Waals surface area contributed by atoms with E-state index in [0.29, 0.717) is 0 Å². The Morgan fingerprint density at radius 1 is 1.17 bits per heavy atom. The van der Waals surface area contributed by atoms with Gasteiger partial charge >= 0.3 is 0 Å². The molecule has 0 spiro atoms. The normalized spacial score (nSPS) is 13.4. The fourth-order valence-corrected chi connectivity index (χ4v) is 2.91. The predicted octanol–water partition coefficient (Wildman–Crippen LogP) is 2.88. The van der Waals surface area contributed by atoms with Gasteiger partial charge in [-0.3, -0.25) is 0 Å². The number of rotatable bonds is 6. The van der Waals surface area contributed by atoms with E-state index in [-0.39, 0.29) is 0 Å². The van der Waals surface area contributed by atoms with Crippen LogP contribution in [0.5, 0.6) is 11.5 Å². The molecule has 24 heavy (non-hydrogen) atoms. The lowest BCUT2D eigenvalue weighted by Gasteiger charge is -2.29. The molecular formula is C18H24N4O2. The van der Waals surface area contributed by atoms with Gasteiger partial charge in [-0.25, -0.2) is 4.98 Å². The van der Waals surface area contributed by atoms with Gasteiger partial charge in [0, 0.05) is 25.8 Å². The van der Waals surface area contributed by atoms with Crippen LogP contribution in [-0.4, -0.2) is 37.3 Å². The van der Waals surface area contributed by atoms with Crippen LogP contribution in [0.4, 0.5) is 11.8 Å². The number of fused-ring (bicyclic) bond motifs is 1.